The van der Waals surface area contributed by atoms with E-state index in [1.54, 1.807) is 30.3 Å². The largest absolute Gasteiger partial charge is 0.420 e. The van der Waals surface area contributed by atoms with Crippen LogP contribution in [0.5, 0.6) is 5.75 Å². The normalized spacial score (nSPS) is 14.2. The summed E-state index contributed by atoms with van der Waals surface area (Å²) in [5, 5.41) is 0.191. The number of anilines is 1. The molecule has 0 radical (unpaired) electrons. The lowest BCUT2D eigenvalue weighted by molar-refractivity contribution is 0.0735. The summed E-state index contributed by atoms with van der Waals surface area (Å²) in [4.78, 5) is 26.6. The lowest BCUT2D eigenvalue weighted by Crippen LogP contribution is -2.30. The molecule has 0 unspecified atom stereocenters. The number of para-hydroxylation sites is 1. The van der Waals surface area contributed by atoms with Crippen LogP contribution in [0, 0.1) is 0 Å². The van der Waals surface area contributed by atoms with Crippen molar-refractivity contribution in [2.24, 2.45) is 0 Å². The molecule has 0 spiro atoms. The van der Waals surface area contributed by atoms with Crippen molar-refractivity contribution in [3.63, 3.8) is 0 Å². The highest BCUT2D eigenvalue weighted by Gasteiger charge is 2.36. The van der Waals surface area contributed by atoms with Crippen molar-refractivity contribution in [1.29, 1.82) is 0 Å². The van der Waals surface area contributed by atoms with Crippen LogP contribution < -0.4 is 9.64 Å². The number of rotatable bonds is 3. The first-order valence-corrected chi connectivity index (χ1v) is 11.6. The van der Waals surface area contributed by atoms with Crippen molar-refractivity contribution in [3.05, 3.63) is 86.9 Å². The highest BCUT2D eigenvalue weighted by Crippen LogP contribution is 2.38. The number of hydrogen-bond acceptors (Lipinski definition) is 5. The summed E-state index contributed by atoms with van der Waals surface area (Å²) in [5.74, 6) is -1.96. The number of sulfone groups is 1. The van der Waals surface area contributed by atoms with E-state index in [1.807, 2.05) is 0 Å². The second-order valence-electron chi connectivity index (χ2n) is 6.61. The summed E-state index contributed by atoms with van der Waals surface area (Å²) in [6.45, 7) is 0. The van der Waals surface area contributed by atoms with Crippen LogP contribution in [0.25, 0.3) is 0 Å². The number of carbonyl (C=O) groups excluding carboxylic acids is 2. The number of nitrogens with zero attached hydrogens (tertiary/aromatic N) is 1. The highest BCUT2D eigenvalue weighted by molar-refractivity contribution is 7.92. The number of benzene rings is 3. The molecule has 0 aromatic heterocycles. The molecule has 31 heavy (non-hydrogen) atoms. The fourth-order valence-corrected chi connectivity index (χ4v) is 5.40. The second kappa shape index (κ2) is 8.16. The molecule has 3 aromatic carbocycles. The fraction of sp³-hybridized carbons (Fsp3) is 0.0476. The van der Waals surface area contributed by atoms with Gasteiger partial charge in [0.2, 0.25) is 0 Å². The molecule has 1 aliphatic rings. The maximum absolute atomic E-state index is 13.0. The summed E-state index contributed by atoms with van der Waals surface area (Å²) >= 11 is 18.3. The number of esters is 1. The lowest BCUT2D eigenvalue weighted by Gasteiger charge is -2.17. The molecule has 1 aliphatic heterocycles. The first-order valence-electron chi connectivity index (χ1n) is 8.78. The molecule has 0 aliphatic carbocycles. The third-order valence-electron chi connectivity index (χ3n) is 4.54. The maximum atomic E-state index is 13.0. The molecule has 0 N–H and O–H groups in total. The van der Waals surface area contributed by atoms with E-state index in [2.05, 4.69) is 0 Å². The van der Waals surface area contributed by atoms with Gasteiger partial charge in [0.05, 0.1) is 26.2 Å². The zero-order valence-corrected chi connectivity index (χ0v) is 18.6. The Bertz CT molecular complexity index is 1320. The molecular weight excluding hydrogens is 485 g/mol. The quantitative estimate of drug-likeness (QED) is 0.365. The predicted molar refractivity (Wildman–Crippen MR) is 118 cm³/mol. The monoisotopic (exact) mass is 495 g/mol. The molecule has 3 aromatic rings. The van der Waals surface area contributed by atoms with Gasteiger partial charge in [-0.15, -0.1) is 0 Å². The van der Waals surface area contributed by atoms with Crippen molar-refractivity contribution >= 4 is 62.2 Å². The SMILES string of the molecule is O=C(Oc1c(Cl)cc(C(=O)N2CS(=O)(=O)c3ccccc32)cc1Cl)c1cccc(Cl)c1. The minimum absolute atomic E-state index is 0.0458. The summed E-state index contributed by atoms with van der Waals surface area (Å²) in [5.41, 5.74) is 0.513. The minimum atomic E-state index is -3.63. The van der Waals surface area contributed by atoms with Crippen LogP contribution in [-0.2, 0) is 9.84 Å². The van der Waals surface area contributed by atoms with Crippen molar-refractivity contribution < 1.29 is 22.7 Å². The number of carbonyl (C=O) groups is 2. The molecule has 0 fully saturated rings. The predicted octanol–water partition coefficient (Wildman–Crippen LogP) is 5.26. The molecule has 0 bridgehead atoms. The molecule has 6 nitrogen and oxygen atoms in total. The molecule has 158 valence electrons. The van der Waals surface area contributed by atoms with Crippen molar-refractivity contribution in [3.8, 4) is 5.75 Å². The van der Waals surface area contributed by atoms with Crippen LogP contribution in [0.1, 0.15) is 20.7 Å². The van der Waals surface area contributed by atoms with Gasteiger partial charge in [-0.25, -0.2) is 13.2 Å². The average Bonchev–Trinajstić information content (AvgIpc) is 3.01. The molecular formula is C21H12Cl3NO5S. The van der Waals surface area contributed by atoms with E-state index >= 15 is 0 Å². The fourth-order valence-electron chi connectivity index (χ4n) is 3.12. The van der Waals surface area contributed by atoms with E-state index in [9.17, 15) is 18.0 Å². The number of ether oxygens (including phenoxy) is 1. The Balaban J connectivity index is 1.63. The van der Waals surface area contributed by atoms with Crippen LogP contribution in [-0.4, -0.2) is 26.2 Å². The molecule has 0 atom stereocenters. The third kappa shape index (κ3) is 4.14. The minimum Gasteiger partial charge on any atom is -0.420 e. The van der Waals surface area contributed by atoms with E-state index in [0.717, 1.165) is 4.90 Å². The van der Waals surface area contributed by atoms with Gasteiger partial charge in [0.1, 0.15) is 5.88 Å². The van der Waals surface area contributed by atoms with Crippen LogP contribution in [0.15, 0.2) is 65.6 Å². The molecule has 0 saturated carbocycles. The molecule has 1 amide bonds. The Hall–Kier alpha value is -2.58. The summed E-state index contributed by atoms with van der Waals surface area (Å²) in [6, 6.07) is 14.9. The van der Waals surface area contributed by atoms with Crippen LogP contribution in [0.2, 0.25) is 15.1 Å². The topological polar surface area (TPSA) is 80.8 Å². The van der Waals surface area contributed by atoms with Crippen LogP contribution >= 0.6 is 34.8 Å². The van der Waals surface area contributed by atoms with E-state index in [0.29, 0.717) is 5.02 Å². The second-order valence-corrected chi connectivity index (χ2v) is 9.79. The Morgan fingerprint density at radius 1 is 0.871 bits per heavy atom. The van der Waals surface area contributed by atoms with Crippen molar-refractivity contribution in [2.45, 2.75) is 4.90 Å². The summed E-state index contributed by atoms with van der Waals surface area (Å²) in [7, 11) is -3.63. The van der Waals surface area contributed by atoms with Crippen molar-refractivity contribution in [1.82, 2.24) is 0 Å². The highest BCUT2D eigenvalue weighted by atomic mass is 35.5. The number of halogens is 3. The van der Waals surface area contributed by atoms with Crippen LogP contribution in [0.4, 0.5) is 5.69 Å². The van der Waals surface area contributed by atoms with Gasteiger partial charge >= 0.3 is 5.97 Å². The zero-order valence-electron chi connectivity index (χ0n) is 15.5. The van der Waals surface area contributed by atoms with Crippen molar-refractivity contribution in [2.75, 3.05) is 10.8 Å². The van der Waals surface area contributed by atoms with Gasteiger partial charge in [-0.1, -0.05) is 53.0 Å². The van der Waals surface area contributed by atoms with E-state index in [4.69, 9.17) is 39.5 Å². The third-order valence-corrected chi connectivity index (χ3v) is 6.95. The number of amides is 1. The van der Waals surface area contributed by atoms with Gasteiger partial charge in [-0.2, -0.15) is 0 Å². The Morgan fingerprint density at radius 3 is 2.23 bits per heavy atom. The molecule has 0 saturated heterocycles. The number of hydrogen-bond donors (Lipinski definition) is 0. The van der Waals surface area contributed by atoms with Gasteiger partial charge in [-0.05, 0) is 42.5 Å². The zero-order chi connectivity index (χ0) is 22.3. The Morgan fingerprint density at radius 2 is 1.55 bits per heavy atom. The summed E-state index contributed by atoms with van der Waals surface area (Å²) < 4.78 is 30.0. The first-order chi connectivity index (χ1) is 14.7. The first kappa shape index (κ1) is 21.6. The molecule has 10 heteroatoms. The van der Waals surface area contributed by atoms with Gasteiger partial charge in [-0.3, -0.25) is 9.69 Å². The Labute approximate surface area is 192 Å². The lowest BCUT2D eigenvalue weighted by atomic mass is 10.1. The van der Waals surface area contributed by atoms with Gasteiger partial charge < -0.3 is 4.74 Å². The smallest absolute Gasteiger partial charge is 0.343 e. The van der Waals surface area contributed by atoms with E-state index in [-0.39, 0.29) is 37.5 Å². The van der Waals surface area contributed by atoms with Gasteiger partial charge in [0, 0.05) is 10.6 Å². The molecule has 1 heterocycles. The van der Waals surface area contributed by atoms with E-state index < -0.39 is 27.6 Å². The van der Waals surface area contributed by atoms with E-state index in [1.165, 1.54) is 30.3 Å². The average molecular weight is 497 g/mol. The molecule has 4 rings (SSSR count). The summed E-state index contributed by atoms with van der Waals surface area (Å²) in [6.07, 6.45) is 0. The maximum Gasteiger partial charge on any atom is 0.343 e. The van der Waals surface area contributed by atoms with Gasteiger partial charge in [0.25, 0.3) is 5.91 Å². The Kier molecular flexibility index (Phi) is 5.70. The van der Waals surface area contributed by atoms with Crippen LogP contribution in [0.3, 0.4) is 0 Å². The number of fused-ring (bicyclic) bond motifs is 1. The standard InChI is InChI=1S/C21H12Cl3NO5S/c22-14-5-3-4-12(8-14)21(27)30-19-15(23)9-13(10-16(19)24)20(26)25-11-31(28,29)18-7-2-1-6-17(18)25/h1-10H,11H2. The van der Waals surface area contributed by atoms with Gasteiger partial charge in [0.15, 0.2) is 15.6 Å².